The van der Waals surface area contributed by atoms with Crippen molar-refractivity contribution in [2.75, 3.05) is 0 Å². The molecule has 0 amide bonds. The predicted molar refractivity (Wildman–Crippen MR) is 135 cm³/mol. The maximum Gasteiger partial charge on any atom is 0.310 e. The van der Waals surface area contributed by atoms with Crippen molar-refractivity contribution in [3.63, 3.8) is 0 Å². The van der Waals surface area contributed by atoms with E-state index in [2.05, 4.69) is 33.8 Å². The Morgan fingerprint density at radius 1 is 1.00 bits per heavy atom. The largest absolute Gasteiger partial charge is 0.481 e. The molecule has 0 aromatic carbocycles. The number of aliphatic hydroxyl groups is 3. The van der Waals surface area contributed by atoms with E-state index >= 15 is 0 Å². The Morgan fingerprint density at radius 3 is 2.31 bits per heavy atom. The Morgan fingerprint density at radius 2 is 1.69 bits per heavy atom. The molecule has 5 nitrogen and oxygen atoms in total. The van der Waals surface area contributed by atoms with Gasteiger partial charge in [0.1, 0.15) is 0 Å². The molecule has 5 rings (SSSR count). The van der Waals surface area contributed by atoms with Crippen LogP contribution in [-0.2, 0) is 4.79 Å². The normalized spacial score (nSPS) is 56.7. The number of hydrogen-bond acceptors (Lipinski definition) is 4. The molecular weight excluding hydrogens is 440 g/mol. The van der Waals surface area contributed by atoms with Gasteiger partial charge in [-0.05, 0) is 112 Å². The van der Waals surface area contributed by atoms with Gasteiger partial charge in [-0.3, -0.25) is 4.79 Å². The summed E-state index contributed by atoms with van der Waals surface area (Å²) in [6, 6.07) is 0. The molecule has 0 saturated heterocycles. The van der Waals surface area contributed by atoms with Gasteiger partial charge in [-0.1, -0.05) is 39.3 Å². The molecule has 5 aliphatic rings. The Labute approximate surface area is 211 Å². The highest BCUT2D eigenvalue weighted by molar-refractivity contribution is 5.81. The second-order valence-corrected chi connectivity index (χ2v) is 14.4. The van der Waals surface area contributed by atoms with Gasteiger partial charge in [-0.25, -0.2) is 0 Å². The lowest BCUT2D eigenvalue weighted by atomic mass is 9.36. The number of fused-ring (bicyclic) bond motifs is 6. The van der Waals surface area contributed by atoms with Crippen molar-refractivity contribution in [3.8, 4) is 0 Å². The molecule has 12 atom stereocenters. The lowest BCUT2D eigenvalue weighted by molar-refractivity contribution is -0.241. The third-order valence-corrected chi connectivity index (χ3v) is 13.1. The predicted octanol–water partition coefficient (Wildman–Crippen LogP) is 5.18. The summed E-state index contributed by atoms with van der Waals surface area (Å²) in [5, 5.41) is 44.7. The zero-order valence-electron chi connectivity index (χ0n) is 22.7. The van der Waals surface area contributed by atoms with Gasteiger partial charge >= 0.3 is 5.97 Å². The molecule has 5 heteroatoms. The third-order valence-electron chi connectivity index (χ3n) is 13.1. The summed E-state index contributed by atoms with van der Waals surface area (Å²) in [5.41, 5.74) is -0.759. The summed E-state index contributed by atoms with van der Waals surface area (Å²) in [7, 11) is 0. The number of aliphatic hydroxyl groups excluding tert-OH is 3. The first kappa shape index (κ1) is 25.7. The number of hydrogen-bond donors (Lipinski definition) is 4. The van der Waals surface area contributed by atoms with Crippen LogP contribution in [0.3, 0.4) is 0 Å². The van der Waals surface area contributed by atoms with E-state index in [4.69, 9.17) is 0 Å². The maximum atomic E-state index is 12.8. The van der Waals surface area contributed by atoms with Crippen molar-refractivity contribution >= 4 is 5.97 Å². The molecule has 5 fully saturated rings. The van der Waals surface area contributed by atoms with Crippen LogP contribution in [0.5, 0.6) is 0 Å². The number of aliphatic carboxylic acids is 1. The van der Waals surface area contributed by atoms with Crippen LogP contribution >= 0.6 is 0 Å². The molecule has 8 unspecified atom stereocenters. The zero-order chi connectivity index (χ0) is 25.8. The van der Waals surface area contributed by atoms with Crippen molar-refractivity contribution in [2.24, 2.45) is 50.7 Å². The summed E-state index contributed by atoms with van der Waals surface area (Å²) in [6.45, 7) is 13.3. The monoisotopic (exact) mass is 488 g/mol. The first-order chi connectivity index (χ1) is 16.2. The molecule has 1 spiro atoms. The second-order valence-electron chi connectivity index (χ2n) is 14.4. The number of carboxylic acid groups (broad SMARTS) is 1. The molecule has 0 radical (unpaired) electrons. The topological polar surface area (TPSA) is 98.0 Å². The minimum absolute atomic E-state index is 0.0100. The van der Waals surface area contributed by atoms with E-state index < -0.39 is 29.0 Å². The summed E-state index contributed by atoms with van der Waals surface area (Å²) >= 11 is 0. The van der Waals surface area contributed by atoms with E-state index in [-0.39, 0.29) is 40.1 Å². The molecule has 0 aromatic heterocycles. The molecule has 5 aliphatic carbocycles. The molecule has 35 heavy (non-hydrogen) atoms. The van der Waals surface area contributed by atoms with E-state index in [0.717, 1.165) is 32.1 Å². The number of rotatable bonds is 4. The van der Waals surface area contributed by atoms with E-state index in [1.54, 1.807) is 0 Å². The van der Waals surface area contributed by atoms with Gasteiger partial charge < -0.3 is 20.4 Å². The lowest BCUT2D eigenvalue weighted by Crippen LogP contribution is -2.66. The van der Waals surface area contributed by atoms with Crippen molar-refractivity contribution in [1.82, 2.24) is 0 Å². The van der Waals surface area contributed by atoms with Crippen LogP contribution < -0.4 is 0 Å². The standard InChI is InChI=1S/C30H48O5/c1-17(2)8-7-11-29(25(34)35)16-30(29)22-14-21(32)24-26(4)12-10-20(31)18(3)19(26)9-13-27(24,5)28(22,6)15-23(30)33/h8,18-24,31-33H,7,9-16H2,1-6H3,(H,34,35)/t18?,19?,20?,21?,22?,23-,24-,26-,27?,28-,29?,30?/m0/s1. The van der Waals surface area contributed by atoms with E-state index in [1.807, 2.05) is 13.8 Å². The van der Waals surface area contributed by atoms with Gasteiger partial charge in [0.05, 0.1) is 23.7 Å². The summed E-state index contributed by atoms with van der Waals surface area (Å²) in [5.74, 6) is -0.0283. The molecule has 198 valence electrons. The van der Waals surface area contributed by atoms with Gasteiger partial charge in [0.25, 0.3) is 0 Å². The van der Waals surface area contributed by atoms with Crippen LogP contribution in [0.4, 0.5) is 0 Å². The van der Waals surface area contributed by atoms with Crippen LogP contribution in [0.25, 0.3) is 0 Å². The number of carboxylic acids is 1. The average molecular weight is 489 g/mol. The van der Waals surface area contributed by atoms with Gasteiger partial charge in [-0.2, -0.15) is 0 Å². The van der Waals surface area contributed by atoms with Gasteiger partial charge in [0.2, 0.25) is 0 Å². The Hall–Kier alpha value is -0.910. The zero-order valence-corrected chi connectivity index (χ0v) is 22.7. The number of allylic oxidation sites excluding steroid dienone is 2. The molecule has 4 N–H and O–H groups in total. The van der Waals surface area contributed by atoms with Crippen LogP contribution in [-0.4, -0.2) is 44.7 Å². The Bertz CT molecular complexity index is 926. The average Bonchev–Trinajstić information content (AvgIpc) is 3.38. The molecule has 0 heterocycles. The lowest BCUT2D eigenvalue weighted by Gasteiger charge is -2.69. The van der Waals surface area contributed by atoms with Gasteiger partial charge in [0, 0.05) is 5.41 Å². The molecule has 0 bridgehead atoms. The fourth-order valence-corrected chi connectivity index (χ4v) is 11.3. The minimum Gasteiger partial charge on any atom is -0.481 e. The van der Waals surface area contributed by atoms with Gasteiger partial charge in [0.15, 0.2) is 0 Å². The highest BCUT2D eigenvalue weighted by Crippen LogP contribution is 2.85. The Balaban J connectivity index is 1.54. The fraction of sp³-hybridized carbons (Fsp3) is 0.900. The van der Waals surface area contributed by atoms with Crippen molar-refractivity contribution in [2.45, 2.75) is 118 Å². The molecule has 0 aliphatic heterocycles. The molecule has 5 saturated carbocycles. The molecule has 0 aromatic rings. The third kappa shape index (κ3) is 3.01. The number of carbonyl (C=O) groups is 1. The minimum atomic E-state index is -0.895. The van der Waals surface area contributed by atoms with E-state index in [0.29, 0.717) is 31.6 Å². The highest BCUT2D eigenvalue weighted by Gasteiger charge is 2.85. The van der Waals surface area contributed by atoms with E-state index in [9.17, 15) is 25.2 Å². The SMILES string of the molecule is CC(C)=CCCC1(C(=O)O)CC12C1CC(O)[C@@H]3C(C)(CCC4C(C)C(O)CC[C@@]43C)[C@@]1(C)C[C@@H]2O. The first-order valence-corrected chi connectivity index (χ1v) is 14.1. The van der Waals surface area contributed by atoms with Crippen LogP contribution in [0, 0.1) is 50.7 Å². The Kier molecular flexibility index (Phi) is 5.73. The van der Waals surface area contributed by atoms with E-state index in [1.165, 1.54) is 5.57 Å². The van der Waals surface area contributed by atoms with Crippen molar-refractivity contribution in [1.29, 1.82) is 0 Å². The second kappa shape index (κ2) is 7.80. The fourth-order valence-electron chi connectivity index (χ4n) is 11.3. The maximum absolute atomic E-state index is 12.8. The van der Waals surface area contributed by atoms with Crippen molar-refractivity contribution < 1.29 is 25.2 Å². The first-order valence-electron chi connectivity index (χ1n) is 14.1. The summed E-state index contributed by atoms with van der Waals surface area (Å²) in [6.07, 6.45) is 7.46. The highest BCUT2D eigenvalue weighted by atomic mass is 16.4. The van der Waals surface area contributed by atoms with Gasteiger partial charge in [-0.15, -0.1) is 0 Å². The van der Waals surface area contributed by atoms with Crippen molar-refractivity contribution in [3.05, 3.63) is 11.6 Å². The smallest absolute Gasteiger partial charge is 0.310 e. The quantitative estimate of drug-likeness (QED) is 0.409. The summed E-state index contributed by atoms with van der Waals surface area (Å²) < 4.78 is 0. The van der Waals surface area contributed by atoms with Crippen LogP contribution in [0.2, 0.25) is 0 Å². The van der Waals surface area contributed by atoms with Crippen LogP contribution in [0.1, 0.15) is 99.3 Å². The molecular formula is C30H48O5. The summed E-state index contributed by atoms with van der Waals surface area (Å²) in [4.78, 5) is 12.8. The van der Waals surface area contributed by atoms with Crippen LogP contribution in [0.15, 0.2) is 11.6 Å².